The van der Waals surface area contributed by atoms with E-state index >= 15 is 0 Å². The van der Waals surface area contributed by atoms with Crippen molar-refractivity contribution >= 4 is 5.91 Å². The highest BCUT2D eigenvalue weighted by Gasteiger charge is 2.48. The predicted molar refractivity (Wildman–Crippen MR) is 61.8 cm³/mol. The maximum Gasteiger partial charge on any atom is 0.236 e. The smallest absolute Gasteiger partial charge is 0.236 e. The molecule has 0 atom stereocenters. The zero-order valence-electron chi connectivity index (χ0n) is 9.49. The molecule has 88 valence electrons. The number of likely N-dealkylation sites (tertiary alicyclic amines) is 1. The largest absolute Gasteiger partial charge is 0.405 e. The summed E-state index contributed by atoms with van der Waals surface area (Å²) in [6.45, 7) is 1.81. The van der Waals surface area contributed by atoms with E-state index in [1.807, 2.05) is 0 Å². The van der Waals surface area contributed by atoms with Crippen LogP contribution < -0.4 is 16.8 Å². The van der Waals surface area contributed by atoms with Crippen LogP contribution in [0.3, 0.4) is 0 Å². The number of nitrogens with one attached hydrogen (secondary N) is 1. The second-order valence-corrected chi connectivity index (χ2v) is 4.53. The van der Waals surface area contributed by atoms with Gasteiger partial charge in [-0.05, 0) is 45.3 Å². The molecule has 2 aliphatic rings. The van der Waals surface area contributed by atoms with Gasteiger partial charge in [0.05, 0.1) is 5.41 Å². The second kappa shape index (κ2) is 3.83. The van der Waals surface area contributed by atoms with Crippen LogP contribution in [0.1, 0.15) is 12.8 Å². The van der Waals surface area contributed by atoms with E-state index in [4.69, 9.17) is 11.5 Å². The number of carbonyl (C=O) groups excluding carboxylic acids is 1. The van der Waals surface area contributed by atoms with Crippen LogP contribution in [-0.4, -0.2) is 30.9 Å². The lowest BCUT2D eigenvalue weighted by Crippen LogP contribution is -2.44. The van der Waals surface area contributed by atoms with Crippen LogP contribution in [0.15, 0.2) is 23.7 Å². The molecule has 0 unspecified atom stereocenters. The Bertz CT molecular complexity index is 364. The van der Waals surface area contributed by atoms with E-state index < -0.39 is 5.41 Å². The van der Waals surface area contributed by atoms with E-state index in [9.17, 15) is 4.79 Å². The standard InChI is InChI=1S/C11H18N4O/c1-15-6-3-11(4-7-15)8(2-5-12)9(13)14-10(11)16/h2,5H,3-4,6-7,12-13H2,1H3,(H,14,16)/b5-2-. The molecule has 0 radical (unpaired) electrons. The minimum atomic E-state index is -0.452. The molecule has 0 aliphatic carbocycles. The lowest BCUT2D eigenvalue weighted by molar-refractivity contribution is -0.128. The van der Waals surface area contributed by atoms with Gasteiger partial charge in [-0.25, -0.2) is 0 Å². The molecule has 1 spiro atoms. The van der Waals surface area contributed by atoms with Crippen LogP contribution in [0.2, 0.25) is 0 Å². The third kappa shape index (κ3) is 1.48. The molecule has 0 bridgehead atoms. The molecule has 1 amide bonds. The highest BCUT2D eigenvalue weighted by molar-refractivity contribution is 5.92. The molecule has 0 aromatic heterocycles. The maximum absolute atomic E-state index is 12.0. The first-order valence-corrected chi connectivity index (χ1v) is 5.48. The molecule has 0 aromatic rings. The number of piperidine rings is 1. The molecule has 2 rings (SSSR count). The lowest BCUT2D eigenvalue weighted by atomic mass is 9.73. The fourth-order valence-electron chi connectivity index (χ4n) is 2.53. The summed E-state index contributed by atoms with van der Waals surface area (Å²) >= 11 is 0. The SMILES string of the molecule is CN1CCC2(CC1)C(=O)NC(N)=C2/C=C\N. The summed E-state index contributed by atoms with van der Waals surface area (Å²) in [6, 6.07) is 0. The van der Waals surface area contributed by atoms with Crippen molar-refractivity contribution in [2.24, 2.45) is 16.9 Å². The number of nitrogens with zero attached hydrogens (tertiary/aromatic N) is 1. The van der Waals surface area contributed by atoms with Crippen molar-refractivity contribution in [3.8, 4) is 0 Å². The first kappa shape index (κ1) is 11.0. The molecule has 5 N–H and O–H groups in total. The second-order valence-electron chi connectivity index (χ2n) is 4.53. The van der Waals surface area contributed by atoms with Gasteiger partial charge in [0.15, 0.2) is 0 Å². The van der Waals surface area contributed by atoms with Crippen LogP contribution >= 0.6 is 0 Å². The molecular weight excluding hydrogens is 204 g/mol. The van der Waals surface area contributed by atoms with Crippen molar-refractivity contribution in [1.29, 1.82) is 0 Å². The summed E-state index contributed by atoms with van der Waals surface area (Å²) < 4.78 is 0. The average molecular weight is 222 g/mol. The maximum atomic E-state index is 12.0. The fraction of sp³-hybridized carbons (Fsp3) is 0.545. The number of hydrogen-bond acceptors (Lipinski definition) is 4. The van der Waals surface area contributed by atoms with Gasteiger partial charge in [-0.1, -0.05) is 0 Å². The van der Waals surface area contributed by atoms with Gasteiger partial charge < -0.3 is 21.7 Å². The van der Waals surface area contributed by atoms with Gasteiger partial charge in [0, 0.05) is 5.57 Å². The third-order valence-corrected chi connectivity index (χ3v) is 3.59. The normalized spacial score (nSPS) is 25.7. The van der Waals surface area contributed by atoms with Crippen LogP contribution in [0.25, 0.3) is 0 Å². The van der Waals surface area contributed by atoms with Crippen LogP contribution in [-0.2, 0) is 4.79 Å². The first-order chi connectivity index (χ1) is 7.60. The van der Waals surface area contributed by atoms with E-state index in [1.165, 1.54) is 6.20 Å². The summed E-state index contributed by atoms with van der Waals surface area (Å²) in [4.78, 5) is 14.2. The van der Waals surface area contributed by atoms with Crippen LogP contribution in [0, 0.1) is 5.41 Å². The Morgan fingerprint density at radius 2 is 2.06 bits per heavy atom. The monoisotopic (exact) mass is 222 g/mol. The molecule has 2 aliphatic heterocycles. The number of rotatable bonds is 1. The Balaban J connectivity index is 2.34. The summed E-state index contributed by atoms with van der Waals surface area (Å²) in [5.41, 5.74) is 11.6. The van der Waals surface area contributed by atoms with Crippen molar-refractivity contribution in [3.63, 3.8) is 0 Å². The molecule has 5 heteroatoms. The molecule has 1 fully saturated rings. The zero-order valence-corrected chi connectivity index (χ0v) is 9.49. The zero-order chi connectivity index (χ0) is 11.8. The molecule has 0 aromatic carbocycles. The number of carbonyl (C=O) groups is 1. The van der Waals surface area contributed by atoms with Gasteiger partial charge >= 0.3 is 0 Å². The van der Waals surface area contributed by atoms with Gasteiger partial charge in [0.25, 0.3) is 0 Å². The predicted octanol–water partition coefficient (Wildman–Crippen LogP) is -0.529. The highest BCUT2D eigenvalue weighted by atomic mass is 16.2. The number of nitrogens with two attached hydrogens (primary N) is 2. The van der Waals surface area contributed by atoms with Gasteiger partial charge in [0.2, 0.25) is 5.91 Å². The van der Waals surface area contributed by atoms with E-state index in [0.29, 0.717) is 5.82 Å². The Hall–Kier alpha value is -1.49. The number of hydrogen-bond donors (Lipinski definition) is 3. The van der Waals surface area contributed by atoms with E-state index in [0.717, 1.165) is 31.5 Å². The number of allylic oxidation sites excluding steroid dienone is 1. The van der Waals surface area contributed by atoms with Crippen LogP contribution in [0.5, 0.6) is 0 Å². The van der Waals surface area contributed by atoms with E-state index in [2.05, 4.69) is 17.3 Å². The molecule has 5 nitrogen and oxygen atoms in total. The lowest BCUT2D eigenvalue weighted by Gasteiger charge is -2.36. The number of amides is 1. The van der Waals surface area contributed by atoms with Gasteiger partial charge in [0.1, 0.15) is 5.82 Å². The van der Waals surface area contributed by atoms with Crippen molar-refractivity contribution < 1.29 is 4.79 Å². The molecule has 2 heterocycles. The quantitative estimate of drug-likeness (QED) is 0.557. The van der Waals surface area contributed by atoms with E-state index in [-0.39, 0.29) is 5.91 Å². The Labute approximate surface area is 95.1 Å². The van der Waals surface area contributed by atoms with Crippen molar-refractivity contribution in [3.05, 3.63) is 23.7 Å². The van der Waals surface area contributed by atoms with Gasteiger partial charge in [-0.15, -0.1) is 0 Å². The third-order valence-electron chi connectivity index (χ3n) is 3.59. The minimum Gasteiger partial charge on any atom is -0.405 e. The van der Waals surface area contributed by atoms with Gasteiger partial charge in [-0.3, -0.25) is 4.79 Å². The van der Waals surface area contributed by atoms with Crippen molar-refractivity contribution in [2.45, 2.75) is 12.8 Å². The fourth-order valence-corrected chi connectivity index (χ4v) is 2.53. The topological polar surface area (TPSA) is 84.4 Å². The van der Waals surface area contributed by atoms with Gasteiger partial charge in [-0.2, -0.15) is 0 Å². The van der Waals surface area contributed by atoms with Crippen LogP contribution in [0.4, 0.5) is 0 Å². The average Bonchev–Trinajstić information content (AvgIpc) is 2.48. The Kier molecular flexibility index (Phi) is 2.63. The summed E-state index contributed by atoms with van der Waals surface area (Å²) in [7, 11) is 2.06. The van der Waals surface area contributed by atoms with Crippen molar-refractivity contribution in [1.82, 2.24) is 10.2 Å². The summed E-state index contributed by atoms with van der Waals surface area (Å²) in [5, 5.41) is 2.72. The Morgan fingerprint density at radius 3 is 2.62 bits per heavy atom. The molecule has 16 heavy (non-hydrogen) atoms. The molecular formula is C11H18N4O. The molecule has 1 saturated heterocycles. The summed E-state index contributed by atoms with van der Waals surface area (Å²) in [6.07, 6.45) is 4.80. The highest BCUT2D eigenvalue weighted by Crippen LogP contribution is 2.43. The minimum absolute atomic E-state index is 0.0196. The first-order valence-electron chi connectivity index (χ1n) is 5.48. The Morgan fingerprint density at radius 1 is 1.44 bits per heavy atom. The molecule has 0 saturated carbocycles. The van der Waals surface area contributed by atoms with E-state index in [1.54, 1.807) is 6.08 Å². The van der Waals surface area contributed by atoms with Crippen molar-refractivity contribution in [2.75, 3.05) is 20.1 Å². The summed E-state index contributed by atoms with van der Waals surface area (Å²) in [5.74, 6) is 0.474.